The van der Waals surface area contributed by atoms with Gasteiger partial charge >= 0.3 is 12.0 Å². The van der Waals surface area contributed by atoms with E-state index in [4.69, 9.17) is 9.84 Å². The van der Waals surface area contributed by atoms with E-state index in [9.17, 15) is 9.59 Å². The van der Waals surface area contributed by atoms with Gasteiger partial charge in [0, 0.05) is 26.2 Å². The normalized spacial score (nSPS) is 15.9. The number of hydrogen-bond acceptors (Lipinski definition) is 4. The number of anilines is 1. The van der Waals surface area contributed by atoms with E-state index in [-0.39, 0.29) is 11.6 Å². The molecule has 7 nitrogen and oxygen atoms in total. The van der Waals surface area contributed by atoms with Crippen LogP contribution in [0, 0.1) is 5.92 Å². The van der Waals surface area contributed by atoms with E-state index in [0.717, 1.165) is 36.5 Å². The Bertz CT molecular complexity index is 823. The zero-order valence-corrected chi connectivity index (χ0v) is 15.9. The van der Waals surface area contributed by atoms with Crippen molar-refractivity contribution in [3.8, 4) is 5.75 Å². The maximum absolute atomic E-state index is 12.1. The molecule has 0 aromatic heterocycles. The molecule has 148 valence electrons. The maximum Gasteiger partial charge on any atom is 0.335 e. The maximum atomic E-state index is 12.1. The second-order valence-electron chi connectivity index (χ2n) is 6.84. The molecule has 1 fully saturated rings. The first-order valence-electron chi connectivity index (χ1n) is 9.28. The van der Waals surface area contributed by atoms with Crippen LogP contribution in [0.4, 0.5) is 10.5 Å². The van der Waals surface area contributed by atoms with Crippen molar-refractivity contribution >= 4 is 17.7 Å². The molecule has 7 heteroatoms. The molecule has 1 heterocycles. The van der Waals surface area contributed by atoms with E-state index in [1.54, 1.807) is 19.2 Å². The summed E-state index contributed by atoms with van der Waals surface area (Å²) in [5.74, 6) is 0.282. The molecule has 2 aromatic carbocycles. The topological polar surface area (TPSA) is 90.9 Å². The van der Waals surface area contributed by atoms with Gasteiger partial charge in [0.25, 0.3) is 0 Å². The van der Waals surface area contributed by atoms with Gasteiger partial charge < -0.3 is 25.4 Å². The Kier molecular flexibility index (Phi) is 6.37. The Labute approximate surface area is 164 Å². The lowest BCUT2D eigenvalue weighted by Gasteiger charge is -2.21. The number of methoxy groups -OCH3 is 1. The first-order chi connectivity index (χ1) is 13.6. The number of hydrogen-bond donors (Lipinski definition) is 3. The lowest BCUT2D eigenvalue weighted by atomic mass is 10.1. The molecule has 28 heavy (non-hydrogen) atoms. The molecule has 2 amide bonds. The fourth-order valence-electron chi connectivity index (χ4n) is 3.36. The predicted octanol–water partition coefficient (Wildman–Crippen LogP) is 2.72. The minimum Gasteiger partial charge on any atom is -0.495 e. The molecule has 1 aliphatic heterocycles. The van der Waals surface area contributed by atoms with Gasteiger partial charge in [0.15, 0.2) is 0 Å². The Morgan fingerprint density at radius 3 is 2.61 bits per heavy atom. The molecule has 1 aliphatic rings. The Hall–Kier alpha value is -3.22. The lowest BCUT2D eigenvalue weighted by Crippen LogP contribution is -2.38. The third-order valence-electron chi connectivity index (χ3n) is 4.92. The second-order valence-corrected chi connectivity index (χ2v) is 6.84. The smallest absolute Gasteiger partial charge is 0.335 e. The molecular formula is C21H25N3O4. The first-order valence-corrected chi connectivity index (χ1v) is 9.28. The average molecular weight is 383 g/mol. The predicted molar refractivity (Wildman–Crippen MR) is 107 cm³/mol. The summed E-state index contributed by atoms with van der Waals surface area (Å²) in [7, 11) is 1.67. The van der Waals surface area contributed by atoms with E-state index in [2.05, 4.69) is 21.6 Å². The fraction of sp³-hybridized carbons (Fsp3) is 0.333. The van der Waals surface area contributed by atoms with Crippen LogP contribution in [0.15, 0.2) is 48.5 Å². The van der Waals surface area contributed by atoms with E-state index < -0.39 is 5.97 Å². The minimum absolute atomic E-state index is 0.224. The van der Waals surface area contributed by atoms with Gasteiger partial charge in [-0.25, -0.2) is 9.59 Å². The van der Waals surface area contributed by atoms with Gasteiger partial charge in [-0.3, -0.25) is 0 Å². The number of nitrogens with zero attached hydrogens (tertiary/aromatic N) is 1. The Morgan fingerprint density at radius 1 is 1.14 bits per heavy atom. The zero-order valence-electron chi connectivity index (χ0n) is 15.9. The van der Waals surface area contributed by atoms with Gasteiger partial charge in [0.05, 0.1) is 18.4 Å². The summed E-state index contributed by atoms with van der Waals surface area (Å²) in [6, 6.07) is 14.2. The number of ether oxygens (including phenoxy) is 1. The van der Waals surface area contributed by atoms with Crippen molar-refractivity contribution in [1.82, 2.24) is 10.6 Å². The Balaban J connectivity index is 1.42. The number of aromatic carboxylic acids is 1. The Morgan fingerprint density at radius 2 is 1.89 bits per heavy atom. The third-order valence-corrected chi connectivity index (χ3v) is 4.92. The van der Waals surface area contributed by atoms with Gasteiger partial charge in [0.1, 0.15) is 5.75 Å². The third kappa shape index (κ3) is 4.94. The molecule has 1 atom stereocenters. The van der Waals surface area contributed by atoms with Crippen molar-refractivity contribution in [2.45, 2.75) is 13.0 Å². The molecule has 0 aliphatic carbocycles. The number of carboxylic acids is 1. The molecule has 0 bridgehead atoms. The zero-order chi connectivity index (χ0) is 19.9. The van der Waals surface area contributed by atoms with E-state index in [0.29, 0.717) is 19.0 Å². The van der Waals surface area contributed by atoms with Crippen molar-refractivity contribution < 1.29 is 19.4 Å². The molecule has 3 N–H and O–H groups in total. The van der Waals surface area contributed by atoms with Crippen LogP contribution in [0.1, 0.15) is 22.3 Å². The number of para-hydroxylation sites is 2. The number of benzene rings is 2. The minimum atomic E-state index is -0.962. The highest BCUT2D eigenvalue weighted by atomic mass is 16.5. The summed E-state index contributed by atoms with van der Waals surface area (Å²) >= 11 is 0. The van der Waals surface area contributed by atoms with Gasteiger partial charge in [-0.2, -0.15) is 0 Å². The van der Waals surface area contributed by atoms with Crippen LogP contribution in [0.2, 0.25) is 0 Å². The van der Waals surface area contributed by atoms with Crippen LogP contribution in [0.3, 0.4) is 0 Å². The largest absolute Gasteiger partial charge is 0.495 e. The highest BCUT2D eigenvalue weighted by molar-refractivity contribution is 5.87. The first kappa shape index (κ1) is 19.5. The van der Waals surface area contributed by atoms with Crippen LogP contribution < -0.4 is 20.3 Å². The summed E-state index contributed by atoms with van der Waals surface area (Å²) < 4.78 is 5.43. The van der Waals surface area contributed by atoms with E-state index in [1.165, 1.54) is 12.1 Å². The number of carboxylic acid groups (broad SMARTS) is 1. The van der Waals surface area contributed by atoms with Gasteiger partial charge in [-0.05, 0) is 42.2 Å². The number of urea groups is 1. The summed E-state index contributed by atoms with van der Waals surface area (Å²) in [6.07, 6.45) is 1.01. The fourth-order valence-corrected chi connectivity index (χ4v) is 3.36. The summed E-state index contributed by atoms with van der Waals surface area (Å²) in [4.78, 5) is 25.2. The number of carbonyl (C=O) groups is 2. The summed E-state index contributed by atoms with van der Waals surface area (Å²) in [5.41, 5.74) is 2.17. The number of carbonyl (C=O) groups excluding carboxylic acids is 1. The van der Waals surface area contributed by atoms with Crippen LogP contribution in [0.25, 0.3) is 0 Å². The standard InChI is InChI=1S/C21H25N3O4/c1-28-19-5-3-2-4-18(19)24-11-10-16(14-24)13-23-21(27)22-12-15-6-8-17(9-7-15)20(25)26/h2-9,16H,10-14H2,1H3,(H,25,26)(H2,22,23,27). The van der Waals surface area contributed by atoms with Crippen LogP contribution in [-0.2, 0) is 6.54 Å². The average Bonchev–Trinajstić information content (AvgIpc) is 3.20. The van der Waals surface area contributed by atoms with Crippen LogP contribution in [-0.4, -0.2) is 43.9 Å². The SMILES string of the molecule is COc1ccccc1N1CCC(CNC(=O)NCc2ccc(C(=O)O)cc2)C1. The van der Waals surface area contributed by atoms with Crippen molar-refractivity contribution in [2.24, 2.45) is 5.92 Å². The highest BCUT2D eigenvalue weighted by Crippen LogP contribution is 2.31. The molecule has 2 aromatic rings. The van der Waals surface area contributed by atoms with Crippen LogP contribution >= 0.6 is 0 Å². The van der Waals surface area contributed by atoms with E-state index in [1.807, 2.05) is 18.2 Å². The number of amides is 2. The van der Waals surface area contributed by atoms with Crippen LogP contribution in [0.5, 0.6) is 5.75 Å². The quantitative estimate of drug-likeness (QED) is 0.684. The van der Waals surface area contributed by atoms with Crippen molar-refractivity contribution in [3.05, 3.63) is 59.7 Å². The monoisotopic (exact) mass is 383 g/mol. The van der Waals surface area contributed by atoms with Gasteiger partial charge in [-0.15, -0.1) is 0 Å². The molecular weight excluding hydrogens is 358 g/mol. The molecule has 0 spiro atoms. The number of nitrogens with one attached hydrogen (secondary N) is 2. The van der Waals surface area contributed by atoms with Crippen molar-refractivity contribution in [1.29, 1.82) is 0 Å². The molecule has 3 rings (SSSR count). The lowest BCUT2D eigenvalue weighted by molar-refractivity contribution is 0.0697. The van der Waals surface area contributed by atoms with Crippen molar-refractivity contribution in [2.75, 3.05) is 31.6 Å². The van der Waals surface area contributed by atoms with Crippen molar-refractivity contribution in [3.63, 3.8) is 0 Å². The molecule has 1 unspecified atom stereocenters. The van der Waals surface area contributed by atoms with E-state index >= 15 is 0 Å². The molecule has 0 saturated carbocycles. The summed E-state index contributed by atoms with van der Waals surface area (Å²) in [6.45, 7) is 2.76. The molecule has 0 radical (unpaired) electrons. The number of rotatable bonds is 7. The molecule has 1 saturated heterocycles. The highest BCUT2D eigenvalue weighted by Gasteiger charge is 2.24. The van der Waals surface area contributed by atoms with Gasteiger partial charge in [-0.1, -0.05) is 24.3 Å². The summed E-state index contributed by atoms with van der Waals surface area (Å²) in [5, 5.41) is 14.6. The van der Waals surface area contributed by atoms with Gasteiger partial charge in [0.2, 0.25) is 0 Å². The second kappa shape index (κ2) is 9.12.